The first-order valence-corrected chi connectivity index (χ1v) is 9.29. The molecule has 1 unspecified atom stereocenters. The highest BCUT2D eigenvalue weighted by Crippen LogP contribution is 2.20. The van der Waals surface area contributed by atoms with E-state index < -0.39 is 6.10 Å². The van der Waals surface area contributed by atoms with Crippen LogP contribution in [0.1, 0.15) is 40.5 Å². The van der Waals surface area contributed by atoms with E-state index >= 15 is 0 Å². The van der Waals surface area contributed by atoms with E-state index in [-0.39, 0.29) is 29.4 Å². The molecular weight excluding hydrogens is 346 g/mol. The number of urea groups is 1. The largest absolute Gasteiger partial charge is 0.452 e. The average molecular weight is 375 g/mol. The number of nitrogens with zero attached hydrogens (tertiary/aromatic N) is 1. The quantitative estimate of drug-likeness (QED) is 0.792. The van der Waals surface area contributed by atoms with Crippen LogP contribution in [0.3, 0.4) is 0 Å². The van der Waals surface area contributed by atoms with Gasteiger partial charge in [0.05, 0.1) is 5.92 Å². The highest BCUT2D eigenvalue weighted by molar-refractivity contribution is 5.89. The second-order valence-corrected chi connectivity index (χ2v) is 7.88. The van der Waals surface area contributed by atoms with Crippen molar-refractivity contribution in [3.63, 3.8) is 0 Å². The van der Waals surface area contributed by atoms with E-state index in [1.54, 1.807) is 11.8 Å². The van der Waals surface area contributed by atoms with Crippen molar-refractivity contribution in [3.8, 4) is 0 Å². The molecule has 1 aliphatic heterocycles. The molecule has 7 heteroatoms. The number of carbonyl (C=O) groups excluding carboxylic acids is 3. The van der Waals surface area contributed by atoms with Crippen molar-refractivity contribution < 1.29 is 19.1 Å². The number of amides is 3. The van der Waals surface area contributed by atoms with Crippen LogP contribution in [0.2, 0.25) is 0 Å². The summed E-state index contributed by atoms with van der Waals surface area (Å²) in [6, 6.07) is 9.07. The van der Waals surface area contributed by atoms with Gasteiger partial charge in [-0.15, -0.1) is 0 Å². The first-order chi connectivity index (χ1) is 12.7. The number of nitrogens with one attached hydrogen (secondary N) is 2. The summed E-state index contributed by atoms with van der Waals surface area (Å²) < 4.78 is 5.32. The van der Waals surface area contributed by atoms with Gasteiger partial charge in [-0.3, -0.25) is 9.59 Å². The van der Waals surface area contributed by atoms with Crippen LogP contribution >= 0.6 is 0 Å². The molecule has 1 heterocycles. The lowest BCUT2D eigenvalue weighted by molar-refractivity contribution is -0.160. The van der Waals surface area contributed by atoms with Crippen LogP contribution in [-0.2, 0) is 14.3 Å². The van der Waals surface area contributed by atoms with Crippen LogP contribution in [0.4, 0.5) is 10.5 Å². The minimum absolute atomic E-state index is 0.175. The van der Waals surface area contributed by atoms with Crippen LogP contribution in [0.15, 0.2) is 30.3 Å². The highest BCUT2D eigenvalue weighted by Gasteiger charge is 2.31. The Labute approximate surface area is 160 Å². The van der Waals surface area contributed by atoms with Crippen molar-refractivity contribution in [2.45, 2.75) is 52.2 Å². The summed E-state index contributed by atoms with van der Waals surface area (Å²) >= 11 is 0. The second-order valence-electron chi connectivity index (χ2n) is 7.88. The number of likely N-dealkylation sites (tertiary alicyclic amines) is 1. The van der Waals surface area contributed by atoms with Gasteiger partial charge in [-0.2, -0.15) is 0 Å². The normalized spacial score (nSPS) is 16.4. The molecule has 0 aromatic heterocycles. The predicted octanol–water partition coefficient (Wildman–Crippen LogP) is 2.78. The fourth-order valence-electron chi connectivity index (χ4n) is 2.84. The number of carbonyl (C=O) groups is 3. The van der Waals surface area contributed by atoms with Gasteiger partial charge in [0.1, 0.15) is 0 Å². The number of hydrogen-bond donors (Lipinski definition) is 2. The molecule has 3 amide bonds. The molecule has 2 N–H and O–H groups in total. The Kier molecular flexibility index (Phi) is 6.82. The van der Waals surface area contributed by atoms with Crippen molar-refractivity contribution in [2.75, 3.05) is 18.4 Å². The number of para-hydroxylation sites is 1. The average Bonchev–Trinajstić information content (AvgIpc) is 2.61. The minimum Gasteiger partial charge on any atom is -0.452 e. The molecule has 148 valence electrons. The molecule has 1 atom stereocenters. The number of ether oxygens (including phenoxy) is 1. The van der Waals surface area contributed by atoms with Gasteiger partial charge in [-0.25, -0.2) is 4.79 Å². The molecule has 0 spiro atoms. The number of hydrogen-bond acceptors (Lipinski definition) is 4. The first-order valence-electron chi connectivity index (χ1n) is 9.29. The standard InChI is InChI=1S/C20H29N3O4/c1-14(17(24)22-20(2,3)4)27-18(25)15-10-12-23(13-11-15)19(26)21-16-8-6-5-7-9-16/h5-9,14-15H,10-13H2,1-4H3,(H,21,26)(H,22,24). The second kappa shape index (κ2) is 8.88. The molecule has 27 heavy (non-hydrogen) atoms. The van der Waals surface area contributed by atoms with Crippen molar-refractivity contribution in [3.05, 3.63) is 30.3 Å². The number of anilines is 1. The van der Waals surface area contributed by atoms with Crippen LogP contribution in [0, 0.1) is 5.92 Å². The topological polar surface area (TPSA) is 87.7 Å². The molecule has 0 bridgehead atoms. The molecule has 0 saturated carbocycles. The van der Waals surface area contributed by atoms with Crippen LogP contribution in [0.5, 0.6) is 0 Å². The van der Waals surface area contributed by atoms with Gasteiger partial charge in [0.15, 0.2) is 6.10 Å². The molecule has 0 aliphatic carbocycles. The SMILES string of the molecule is CC(OC(=O)C1CCN(C(=O)Nc2ccccc2)CC1)C(=O)NC(C)(C)C. The van der Waals surface area contributed by atoms with Gasteiger partial charge in [-0.05, 0) is 52.7 Å². The van der Waals surface area contributed by atoms with Crippen LogP contribution < -0.4 is 10.6 Å². The lowest BCUT2D eigenvalue weighted by Crippen LogP contribution is -2.47. The zero-order valence-corrected chi connectivity index (χ0v) is 16.5. The number of esters is 1. The third-order valence-corrected chi connectivity index (χ3v) is 4.30. The summed E-state index contributed by atoms with van der Waals surface area (Å²) in [4.78, 5) is 38.3. The summed E-state index contributed by atoms with van der Waals surface area (Å²) in [5.74, 6) is -0.985. The Hall–Kier alpha value is -2.57. The molecule has 0 radical (unpaired) electrons. The van der Waals surface area contributed by atoms with Gasteiger partial charge < -0.3 is 20.3 Å². The van der Waals surface area contributed by atoms with Gasteiger partial charge in [0, 0.05) is 24.3 Å². The zero-order valence-electron chi connectivity index (χ0n) is 16.5. The Morgan fingerprint density at radius 3 is 2.26 bits per heavy atom. The van der Waals surface area contributed by atoms with Crippen molar-refractivity contribution in [1.29, 1.82) is 0 Å². The molecule has 1 aromatic carbocycles. The zero-order chi connectivity index (χ0) is 20.0. The Morgan fingerprint density at radius 2 is 1.70 bits per heavy atom. The maximum atomic E-state index is 12.3. The van der Waals surface area contributed by atoms with E-state index in [1.807, 2.05) is 51.1 Å². The summed E-state index contributed by atoms with van der Waals surface area (Å²) in [6.45, 7) is 8.13. The third kappa shape index (κ3) is 6.58. The van der Waals surface area contributed by atoms with Gasteiger partial charge in [0.25, 0.3) is 5.91 Å². The Bertz CT molecular complexity index is 662. The van der Waals surface area contributed by atoms with E-state index in [4.69, 9.17) is 4.74 Å². The van der Waals surface area contributed by atoms with Crippen LogP contribution in [-0.4, -0.2) is 47.5 Å². The summed E-state index contributed by atoms with van der Waals surface area (Å²) in [6.07, 6.45) is 0.208. The van der Waals surface area contributed by atoms with E-state index in [2.05, 4.69) is 10.6 Å². The maximum absolute atomic E-state index is 12.3. The summed E-state index contributed by atoms with van der Waals surface area (Å²) in [5, 5.41) is 5.64. The molecule has 2 rings (SSSR count). The van der Waals surface area contributed by atoms with Crippen molar-refractivity contribution in [2.24, 2.45) is 5.92 Å². The molecule has 7 nitrogen and oxygen atoms in total. The van der Waals surface area contributed by atoms with Gasteiger partial charge in [0.2, 0.25) is 0 Å². The Morgan fingerprint density at radius 1 is 1.11 bits per heavy atom. The Balaban J connectivity index is 1.78. The lowest BCUT2D eigenvalue weighted by Gasteiger charge is -2.31. The number of piperidine rings is 1. The molecule has 1 aliphatic rings. The summed E-state index contributed by atoms with van der Waals surface area (Å²) in [7, 11) is 0. The highest BCUT2D eigenvalue weighted by atomic mass is 16.5. The smallest absolute Gasteiger partial charge is 0.321 e. The number of benzene rings is 1. The minimum atomic E-state index is -0.837. The van der Waals surface area contributed by atoms with Gasteiger partial charge >= 0.3 is 12.0 Å². The maximum Gasteiger partial charge on any atom is 0.321 e. The molecule has 1 fully saturated rings. The van der Waals surface area contributed by atoms with E-state index in [1.165, 1.54) is 0 Å². The van der Waals surface area contributed by atoms with E-state index in [0.717, 1.165) is 5.69 Å². The number of rotatable bonds is 4. The summed E-state index contributed by atoms with van der Waals surface area (Å²) in [5.41, 5.74) is 0.359. The third-order valence-electron chi connectivity index (χ3n) is 4.30. The van der Waals surface area contributed by atoms with Crippen molar-refractivity contribution >= 4 is 23.6 Å². The van der Waals surface area contributed by atoms with Crippen molar-refractivity contribution in [1.82, 2.24) is 10.2 Å². The first kappa shape index (κ1) is 20.7. The molecular formula is C20H29N3O4. The van der Waals surface area contributed by atoms with E-state index in [0.29, 0.717) is 25.9 Å². The lowest BCUT2D eigenvalue weighted by atomic mass is 9.97. The van der Waals surface area contributed by atoms with Gasteiger partial charge in [-0.1, -0.05) is 18.2 Å². The van der Waals surface area contributed by atoms with Crippen LogP contribution in [0.25, 0.3) is 0 Å². The monoisotopic (exact) mass is 375 g/mol. The van der Waals surface area contributed by atoms with E-state index in [9.17, 15) is 14.4 Å². The fourth-order valence-corrected chi connectivity index (χ4v) is 2.84. The molecule has 1 aromatic rings. The fraction of sp³-hybridized carbons (Fsp3) is 0.550. The molecule has 1 saturated heterocycles. The predicted molar refractivity (Wildman–Crippen MR) is 103 cm³/mol.